The molecule has 0 atom stereocenters. The third-order valence-electron chi connectivity index (χ3n) is 19.8. The molecule has 4 aromatic heterocycles. The van der Waals surface area contributed by atoms with Gasteiger partial charge < -0.3 is 23.2 Å². The second-order valence-corrected chi connectivity index (χ2v) is 24.6. The number of rotatable bonds is 6. The average molecular weight is 1170 g/mol. The lowest BCUT2D eigenvalue weighted by atomic mass is 9.99. The smallest absolute Gasteiger partial charge is 0.235 e. The first kappa shape index (κ1) is 50.7. The van der Waals surface area contributed by atoms with Crippen molar-refractivity contribution in [2.45, 2.75) is 0 Å². The summed E-state index contributed by atoms with van der Waals surface area (Å²) >= 11 is 0. The van der Waals surface area contributed by atoms with Crippen LogP contribution in [0.15, 0.2) is 315 Å². The molecule has 92 heavy (non-hydrogen) atoms. The topological polar surface area (TPSA) is 26.0 Å². The van der Waals surface area contributed by atoms with E-state index < -0.39 is 0 Å². The zero-order chi connectivity index (χ0) is 60.1. The minimum atomic E-state index is 0.696. The molecule has 428 valence electrons. The van der Waals surface area contributed by atoms with Crippen LogP contribution in [0, 0.1) is 41.7 Å². The lowest BCUT2D eigenvalue weighted by Gasteiger charge is -2.27. The SMILES string of the molecule is C1=[N+](c2ccccc2)c2cc3c(cc2N(c2ccccc2)C1)=c1cc(-n2c4ccccc4c4cc(-n5c6ccccc6c6ccccc65)ccc42)ccc1=c1ccc(-n2c4ccccc4c4cc(-n5c6ccccc6c6ccccc65)ccc42)cc1=c1ccccc1=3. The summed E-state index contributed by atoms with van der Waals surface area (Å²) in [5.41, 5.74) is 18.5. The molecule has 0 saturated carbocycles. The van der Waals surface area contributed by atoms with Crippen molar-refractivity contribution in [2.24, 2.45) is 0 Å². The molecule has 20 rings (SSSR count). The van der Waals surface area contributed by atoms with Crippen LogP contribution >= 0.6 is 0 Å². The Labute approximate surface area is 527 Å². The van der Waals surface area contributed by atoms with E-state index in [4.69, 9.17) is 0 Å². The van der Waals surface area contributed by atoms with E-state index in [0.29, 0.717) is 6.54 Å². The van der Waals surface area contributed by atoms with Crippen LogP contribution < -0.4 is 9.48 Å². The van der Waals surface area contributed by atoms with Crippen molar-refractivity contribution in [1.29, 1.82) is 0 Å². The number of fused-ring (bicyclic) bond motifs is 17. The maximum Gasteiger partial charge on any atom is 0.235 e. The molecule has 0 unspecified atom stereocenters. The normalized spacial score (nSPS) is 12.8. The molecule has 0 saturated heterocycles. The molecule has 0 amide bonds. The van der Waals surface area contributed by atoms with E-state index in [0.717, 1.165) is 67.6 Å². The van der Waals surface area contributed by atoms with Gasteiger partial charge in [0.1, 0.15) is 12.2 Å². The summed E-state index contributed by atoms with van der Waals surface area (Å²) in [7, 11) is 0. The van der Waals surface area contributed by atoms with E-state index in [2.05, 4.69) is 349 Å². The Hall–Kier alpha value is -12.3. The second-order valence-electron chi connectivity index (χ2n) is 24.6. The number of anilines is 2. The van der Waals surface area contributed by atoms with Gasteiger partial charge in [-0.2, -0.15) is 4.58 Å². The van der Waals surface area contributed by atoms with Gasteiger partial charge in [0.05, 0.1) is 44.1 Å². The van der Waals surface area contributed by atoms with Crippen molar-refractivity contribution in [3.63, 3.8) is 0 Å². The molecule has 0 bridgehead atoms. The van der Waals surface area contributed by atoms with Gasteiger partial charge in [0.2, 0.25) is 11.4 Å². The molecular formula is C86H55N6+. The molecule has 0 radical (unpaired) electrons. The highest BCUT2D eigenvalue weighted by Gasteiger charge is 2.29. The number of aromatic nitrogens is 4. The summed E-state index contributed by atoms with van der Waals surface area (Å²) in [5, 5.41) is 19.3. The van der Waals surface area contributed by atoms with Gasteiger partial charge in [0.15, 0.2) is 6.21 Å². The molecule has 6 heteroatoms. The van der Waals surface area contributed by atoms with Crippen LogP contribution in [-0.2, 0) is 0 Å². The van der Waals surface area contributed by atoms with Gasteiger partial charge >= 0.3 is 0 Å². The van der Waals surface area contributed by atoms with Gasteiger partial charge in [-0.25, -0.2) is 0 Å². The van der Waals surface area contributed by atoms with E-state index >= 15 is 0 Å². The van der Waals surface area contributed by atoms with Gasteiger partial charge in [0.25, 0.3) is 0 Å². The first-order valence-corrected chi connectivity index (χ1v) is 31.8. The highest BCUT2D eigenvalue weighted by atomic mass is 15.2. The lowest BCUT2D eigenvalue weighted by molar-refractivity contribution is 0.994. The van der Waals surface area contributed by atoms with Crippen LogP contribution in [0.2, 0.25) is 0 Å². The predicted molar refractivity (Wildman–Crippen MR) is 381 cm³/mol. The monoisotopic (exact) mass is 1170 g/mol. The van der Waals surface area contributed by atoms with Crippen molar-refractivity contribution in [2.75, 3.05) is 11.4 Å². The number of hydrogen-bond donors (Lipinski definition) is 0. The average Bonchev–Trinajstić information content (AvgIpc) is 1.15. The summed E-state index contributed by atoms with van der Waals surface area (Å²) in [4.78, 5) is 2.48. The molecule has 5 heterocycles. The van der Waals surface area contributed by atoms with Crippen molar-refractivity contribution >= 4 is 116 Å². The minimum absolute atomic E-state index is 0.696. The number of benzene rings is 14. The molecular weight excluding hydrogens is 1120 g/mol. The zero-order valence-electron chi connectivity index (χ0n) is 50.0. The molecule has 2 aliphatic rings. The van der Waals surface area contributed by atoms with Crippen molar-refractivity contribution in [3.05, 3.63) is 357 Å². The Morgan fingerprint density at radius 3 is 0.978 bits per heavy atom. The Bertz CT molecular complexity index is 6570. The first-order chi connectivity index (χ1) is 45.7. The van der Waals surface area contributed by atoms with Crippen molar-refractivity contribution in [3.8, 4) is 22.7 Å². The molecule has 1 aliphatic carbocycles. The zero-order valence-corrected chi connectivity index (χ0v) is 50.0. The fourth-order valence-corrected chi connectivity index (χ4v) is 15.8. The van der Waals surface area contributed by atoms with E-state index in [-0.39, 0.29) is 0 Å². The lowest BCUT2D eigenvalue weighted by Crippen LogP contribution is -2.29. The van der Waals surface area contributed by atoms with Gasteiger partial charge in [-0.15, -0.1) is 0 Å². The van der Waals surface area contributed by atoms with Gasteiger partial charge in [-0.1, -0.05) is 182 Å². The van der Waals surface area contributed by atoms with Crippen molar-refractivity contribution < 1.29 is 0 Å². The molecule has 1 aliphatic heterocycles. The van der Waals surface area contributed by atoms with Gasteiger partial charge in [0, 0.05) is 89.7 Å². The highest BCUT2D eigenvalue weighted by Crippen LogP contribution is 2.42. The fourth-order valence-electron chi connectivity index (χ4n) is 15.8. The van der Waals surface area contributed by atoms with E-state index in [1.165, 1.54) is 107 Å². The predicted octanol–water partition coefficient (Wildman–Crippen LogP) is 20.6. The third-order valence-corrected chi connectivity index (χ3v) is 19.8. The van der Waals surface area contributed by atoms with Gasteiger partial charge in [-0.3, -0.25) is 0 Å². The molecule has 0 spiro atoms. The molecule has 6 nitrogen and oxygen atoms in total. The van der Waals surface area contributed by atoms with Crippen LogP contribution in [-0.4, -0.2) is 31.0 Å². The van der Waals surface area contributed by atoms with E-state index in [1.54, 1.807) is 0 Å². The maximum absolute atomic E-state index is 2.49. The molecule has 18 aromatic rings. The summed E-state index contributed by atoms with van der Waals surface area (Å²) in [6, 6.07) is 117. The van der Waals surface area contributed by atoms with Crippen LogP contribution in [0.1, 0.15) is 0 Å². The maximum atomic E-state index is 2.49. The largest absolute Gasteiger partial charge is 0.326 e. The Morgan fingerprint density at radius 2 is 0.533 bits per heavy atom. The van der Waals surface area contributed by atoms with Gasteiger partial charge in [-0.05, 0) is 157 Å². The standard InChI is InChI=1S/C86H55N6/c1-3-21-55(22-4-1)87-47-48-88(56-23-5-2-6-24-56)86-54-74-72-50-58(92-82-38-20-14-32-70(82)76-52-60(42-46-84(76)92)90-79-35-17-11-29-67(79)68-30-12-18-36-80(68)90)40-44-64(72)63-43-39-57(49-71(63)61-25-7-8-26-62(61)73(74)53-85(86)87)91-81-37-19-13-31-69(81)75-51-59(41-45-83(75)91)89-77-33-15-9-27-65(77)66-28-10-16-34-78(66)89/h1-47,49-54H,48H2/q+1. The van der Waals surface area contributed by atoms with Crippen molar-refractivity contribution in [1.82, 2.24) is 22.8 Å². The summed E-state index contributed by atoms with van der Waals surface area (Å²) in [6.07, 6.45) is 2.34. The molecule has 0 fully saturated rings. The third kappa shape index (κ3) is 7.34. The Morgan fingerprint density at radius 1 is 0.217 bits per heavy atom. The van der Waals surface area contributed by atoms with E-state index in [9.17, 15) is 0 Å². The minimum Gasteiger partial charge on any atom is -0.326 e. The highest BCUT2D eigenvalue weighted by molar-refractivity contribution is 6.14. The first-order valence-electron chi connectivity index (χ1n) is 31.8. The fraction of sp³-hybridized carbons (Fsp3) is 0.0116. The number of hydrogen-bond acceptors (Lipinski definition) is 1. The van der Waals surface area contributed by atoms with Crippen LogP contribution in [0.25, 0.3) is 110 Å². The summed E-state index contributed by atoms with van der Waals surface area (Å²) < 4.78 is 12.2. The molecule has 14 aromatic carbocycles. The Balaban J connectivity index is 0.886. The van der Waals surface area contributed by atoms with Crippen LogP contribution in [0.5, 0.6) is 0 Å². The number of nitrogens with zero attached hydrogens (tertiary/aromatic N) is 6. The quantitative estimate of drug-likeness (QED) is 0.152. The molecule has 0 N–H and O–H groups in total. The summed E-state index contributed by atoms with van der Waals surface area (Å²) in [5.74, 6) is 0. The number of para-hydroxylation sites is 8. The van der Waals surface area contributed by atoms with E-state index in [1.807, 2.05) is 0 Å². The van der Waals surface area contributed by atoms with Crippen LogP contribution in [0.3, 0.4) is 0 Å². The van der Waals surface area contributed by atoms with Crippen LogP contribution in [0.4, 0.5) is 22.7 Å². The second kappa shape index (κ2) is 19.6. The summed E-state index contributed by atoms with van der Waals surface area (Å²) in [6.45, 7) is 0.696. The Kier molecular flexibility index (Phi) is 10.8.